The lowest BCUT2D eigenvalue weighted by Gasteiger charge is -2.20. The van der Waals surface area contributed by atoms with Crippen LogP contribution in [0.3, 0.4) is 0 Å². The van der Waals surface area contributed by atoms with Crippen molar-refractivity contribution in [2.45, 2.75) is 52.2 Å². The number of hydrogen-bond donors (Lipinski definition) is 2. The summed E-state index contributed by atoms with van der Waals surface area (Å²) in [4.78, 5) is 16.7. The number of imidazole rings is 1. The van der Waals surface area contributed by atoms with Crippen molar-refractivity contribution < 1.29 is 26.4 Å². The summed E-state index contributed by atoms with van der Waals surface area (Å²) in [6.45, 7) is 5.24. The third kappa shape index (κ3) is 8.71. The molecule has 1 aromatic heterocycles. The van der Waals surface area contributed by atoms with Crippen molar-refractivity contribution in [2.24, 2.45) is 0 Å². The SMILES string of the molecule is CCCCCNC(=O)Nc1ccccc1OC(C)CCn1ccnc1-c1ccc(N(S(C)(=O)=O)S(C)(=O)=O)cc1. The standard InChI is InChI=1S/C27H37N5O6S2/c1-5-6-9-17-29-27(33)30-24-10-7-8-11-25(24)38-21(2)16-19-31-20-18-28-26(31)22-12-14-23(15-13-22)32(39(3,34)35)40(4,36)37/h7-8,10-15,18,20-21H,5-6,9,16-17,19H2,1-4H3,(H2,29,30,33). The Balaban J connectivity index is 1.64. The number of rotatable bonds is 14. The van der Waals surface area contributed by atoms with E-state index in [2.05, 4.69) is 22.5 Å². The lowest BCUT2D eigenvalue weighted by atomic mass is 10.2. The Morgan fingerprint density at radius 1 is 1.02 bits per heavy atom. The van der Waals surface area contributed by atoms with Gasteiger partial charge in [0.2, 0.25) is 20.0 Å². The van der Waals surface area contributed by atoms with Gasteiger partial charge in [-0.15, -0.1) is 0 Å². The largest absolute Gasteiger partial charge is 0.488 e. The molecule has 0 fully saturated rings. The summed E-state index contributed by atoms with van der Waals surface area (Å²) in [6, 6.07) is 13.1. The molecular formula is C27H37N5O6S2. The van der Waals surface area contributed by atoms with Crippen LogP contribution >= 0.6 is 0 Å². The number of ether oxygens (including phenoxy) is 1. The van der Waals surface area contributed by atoms with E-state index in [0.717, 1.165) is 31.8 Å². The lowest BCUT2D eigenvalue weighted by Crippen LogP contribution is -2.35. The second-order valence-corrected chi connectivity index (χ2v) is 13.4. The van der Waals surface area contributed by atoms with Gasteiger partial charge in [-0.25, -0.2) is 26.6 Å². The third-order valence-corrected chi connectivity index (χ3v) is 9.21. The zero-order valence-electron chi connectivity index (χ0n) is 23.2. The highest BCUT2D eigenvalue weighted by molar-refractivity contribution is 8.09. The highest BCUT2D eigenvalue weighted by Gasteiger charge is 2.27. The van der Waals surface area contributed by atoms with Crippen LogP contribution in [0.4, 0.5) is 16.2 Å². The highest BCUT2D eigenvalue weighted by atomic mass is 32.3. The predicted molar refractivity (Wildman–Crippen MR) is 158 cm³/mol. The van der Waals surface area contributed by atoms with E-state index in [1.807, 2.05) is 35.9 Å². The first-order valence-corrected chi connectivity index (χ1v) is 16.7. The van der Waals surface area contributed by atoms with Gasteiger partial charge in [-0.05, 0) is 49.7 Å². The normalized spacial score (nSPS) is 12.5. The van der Waals surface area contributed by atoms with E-state index < -0.39 is 20.0 Å². The molecule has 0 aliphatic heterocycles. The topological polar surface area (TPSA) is 140 Å². The first-order valence-electron chi connectivity index (χ1n) is 13.0. The molecule has 40 heavy (non-hydrogen) atoms. The fraction of sp³-hybridized carbons (Fsp3) is 0.407. The molecule has 218 valence electrons. The number of hydrogen-bond acceptors (Lipinski definition) is 7. The molecule has 1 atom stereocenters. The van der Waals surface area contributed by atoms with Gasteiger partial charge in [-0.3, -0.25) is 0 Å². The first kappa shape index (κ1) is 31.0. The smallest absolute Gasteiger partial charge is 0.319 e. The molecule has 0 bridgehead atoms. The lowest BCUT2D eigenvalue weighted by molar-refractivity contribution is 0.205. The predicted octanol–water partition coefficient (Wildman–Crippen LogP) is 4.45. The van der Waals surface area contributed by atoms with E-state index in [0.29, 0.717) is 46.0 Å². The van der Waals surface area contributed by atoms with Gasteiger partial charge in [0.1, 0.15) is 11.6 Å². The molecule has 13 heteroatoms. The van der Waals surface area contributed by atoms with Crippen LogP contribution in [0.25, 0.3) is 11.4 Å². The first-order chi connectivity index (χ1) is 18.9. The van der Waals surface area contributed by atoms with Crippen molar-refractivity contribution in [3.05, 3.63) is 60.9 Å². The van der Waals surface area contributed by atoms with Crippen molar-refractivity contribution in [2.75, 3.05) is 28.1 Å². The number of benzene rings is 2. The molecular weight excluding hydrogens is 554 g/mol. The second kappa shape index (κ2) is 13.7. The van der Waals surface area contributed by atoms with Gasteiger partial charge in [0, 0.05) is 37.5 Å². The number of carbonyl (C=O) groups excluding carboxylic acids is 1. The number of aryl methyl sites for hydroxylation is 1. The maximum absolute atomic E-state index is 12.3. The average Bonchev–Trinajstić information content (AvgIpc) is 3.34. The van der Waals surface area contributed by atoms with Crippen molar-refractivity contribution in [3.8, 4) is 17.1 Å². The molecule has 1 heterocycles. The number of aromatic nitrogens is 2. The number of nitrogens with zero attached hydrogens (tertiary/aromatic N) is 3. The average molecular weight is 592 g/mol. The molecule has 3 aromatic rings. The summed E-state index contributed by atoms with van der Waals surface area (Å²) in [6.07, 6.45) is 8.69. The Bertz CT molecular complexity index is 1460. The molecule has 0 aliphatic rings. The summed E-state index contributed by atoms with van der Waals surface area (Å²) in [5.41, 5.74) is 1.31. The van der Waals surface area contributed by atoms with E-state index in [1.54, 1.807) is 24.4 Å². The van der Waals surface area contributed by atoms with E-state index >= 15 is 0 Å². The number of para-hydroxylation sites is 2. The van der Waals surface area contributed by atoms with E-state index in [4.69, 9.17) is 4.74 Å². The summed E-state index contributed by atoms with van der Waals surface area (Å²) in [5, 5.41) is 5.71. The van der Waals surface area contributed by atoms with Crippen LogP contribution < -0.4 is 19.1 Å². The van der Waals surface area contributed by atoms with Gasteiger partial charge < -0.3 is 19.9 Å². The van der Waals surface area contributed by atoms with Gasteiger partial charge >= 0.3 is 6.03 Å². The molecule has 0 saturated carbocycles. The van der Waals surface area contributed by atoms with E-state index in [9.17, 15) is 21.6 Å². The Morgan fingerprint density at radius 3 is 2.35 bits per heavy atom. The van der Waals surface area contributed by atoms with Crippen LogP contribution in [0, 0.1) is 0 Å². The zero-order chi connectivity index (χ0) is 29.3. The number of carbonyl (C=O) groups is 1. The zero-order valence-corrected chi connectivity index (χ0v) is 24.8. The molecule has 0 radical (unpaired) electrons. The van der Waals surface area contributed by atoms with Crippen LogP contribution in [0.5, 0.6) is 5.75 Å². The van der Waals surface area contributed by atoms with Gasteiger partial charge in [-0.2, -0.15) is 3.71 Å². The molecule has 0 spiro atoms. The molecule has 1 unspecified atom stereocenters. The fourth-order valence-electron chi connectivity index (χ4n) is 4.12. The van der Waals surface area contributed by atoms with Crippen LogP contribution in [0.15, 0.2) is 60.9 Å². The number of nitrogens with one attached hydrogen (secondary N) is 2. The van der Waals surface area contributed by atoms with Gasteiger partial charge in [0.25, 0.3) is 0 Å². The van der Waals surface area contributed by atoms with E-state index in [-0.39, 0.29) is 17.8 Å². The highest BCUT2D eigenvalue weighted by Crippen LogP contribution is 2.27. The molecule has 3 rings (SSSR count). The molecule has 11 nitrogen and oxygen atoms in total. The van der Waals surface area contributed by atoms with Crippen LogP contribution in [0.2, 0.25) is 0 Å². The molecule has 0 aliphatic carbocycles. The fourth-order valence-corrected chi connectivity index (χ4v) is 7.10. The number of anilines is 2. The maximum Gasteiger partial charge on any atom is 0.319 e. The molecule has 2 N–H and O–H groups in total. The van der Waals surface area contributed by atoms with Gasteiger partial charge in [-0.1, -0.05) is 31.9 Å². The van der Waals surface area contributed by atoms with Crippen LogP contribution in [-0.2, 0) is 26.6 Å². The summed E-state index contributed by atoms with van der Waals surface area (Å²) in [5.74, 6) is 1.22. The second-order valence-electron chi connectivity index (χ2n) is 9.52. The Hall–Kier alpha value is -3.58. The Kier molecular flexibility index (Phi) is 10.6. The number of urea groups is 1. The number of amides is 2. The van der Waals surface area contributed by atoms with E-state index in [1.165, 1.54) is 12.1 Å². The maximum atomic E-state index is 12.3. The van der Waals surface area contributed by atoms with Crippen molar-refractivity contribution in [1.82, 2.24) is 14.9 Å². The summed E-state index contributed by atoms with van der Waals surface area (Å²) >= 11 is 0. The summed E-state index contributed by atoms with van der Waals surface area (Å²) in [7, 11) is -8.05. The molecule has 0 saturated heterocycles. The minimum Gasteiger partial charge on any atom is -0.488 e. The molecule has 2 amide bonds. The third-order valence-electron chi connectivity index (χ3n) is 5.96. The Labute approximate surface area is 236 Å². The van der Waals surface area contributed by atoms with Crippen molar-refractivity contribution in [3.63, 3.8) is 0 Å². The quantitative estimate of drug-likeness (QED) is 0.264. The summed E-state index contributed by atoms with van der Waals surface area (Å²) < 4.78 is 56.7. The monoisotopic (exact) mass is 591 g/mol. The van der Waals surface area contributed by atoms with Crippen LogP contribution in [-0.4, -0.2) is 57.6 Å². The van der Waals surface area contributed by atoms with Crippen molar-refractivity contribution in [1.29, 1.82) is 0 Å². The Morgan fingerprint density at radius 2 is 1.70 bits per heavy atom. The van der Waals surface area contributed by atoms with Crippen LogP contribution in [0.1, 0.15) is 39.5 Å². The number of unbranched alkanes of at least 4 members (excludes halogenated alkanes) is 2. The number of sulfonamides is 2. The minimum atomic E-state index is -4.03. The van der Waals surface area contributed by atoms with Gasteiger partial charge in [0.15, 0.2) is 0 Å². The minimum absolute atomic E-state index is 0.0239. The molecule has 2 aromatic carbocycles. The van der Waals surface area contributed by atoms with Gasteiger partial charge in [0.05, 0.1) is 30.0 Å². The van der Waals surface area contributed by atoms with Crippen molar-refractivity contribution >= 4 is 37.5 Å².